The smallest absolute Gasteiger partial charge is 0.308 e. The summed E-state index contributed by atoms with van der Waals surface area (Å²) in [6.07, 6.45) is 2.68. The normalized spacial score (nSPS) is 20.0. The number of hydrogen-bond acceptors (Lipinski definition) is 3. The predicted octanol–water partition coefficient (Wildman–Crippen LogP) is 3.61. The van der Waals surface area contributed by atoms with Crippen LogP contribution in [0.15, 0.2) is 54.6 Å². The molecule has 0 aliphatic heterocycles. The van der Waals surface area contributed by atoms with Gasteiger partial charge in [0.2, 0.25) is 0 Å². The number of aliphatic carboxylic acids is 1. The van der Waals surface area contributed by atoms with Gasteiger partial charge in [0.1, 0.15) is 12.4 Å². The van der Waals surface area contributed by atoms with Gasteiger partial charge in [0.05, 0.1) is 5.92 Å². The quantitative estimate of drug-likeness (QED) is 0.816. The Bertz CT molecular complexity index is 672. The molecule has 2 unspecified atom stereocenters. The van der Waals surface area contributed by atoms with Crippen molar-refractivity contribution in [3.8, 4) is 5.75 Å². The molecule has 1 aliphatic carbocycles. The molecule has 0 aromatic heterocycles. The molecule has 1 saturated carbocycles. The summed E-state index contributed by atoms with van der Waals surface area (Å²) >= 11 is 0. The van der Waals surface area contributed by atoms with E-state index in [-0.39, 0.29) is 12.0 Å². The van der Waals surface area contributed by atoms with Gasteiger partial charge < -0.3 is 15.2 Å². The van der Waals surface area contributed by atoms with Crippen LogP contribution in [0.2, 0.25) is 0 Å². The SMILES string of the molecule is O=C(O)C1CCCC1NCc1cccc(OCc2ccccc2)c1. The van der Waals surface area contributed by atoms with Crippen molar-refractivity contribution in [2.75, 3.05) is 0 Å². The van der Waals surface area contributed by atoms with Crippen molar-refractivity contribution in [3.63, 3.8) is 0 Å². The van der Waals surface area contributed by atoms with Gasteiger partial charge in [0, 0.05) is 12.6 Å². The van der Waals surface area contributed by atoms with E-state index >= 15 is 0 Å². The number of benzene rings is 2. The molecule has 0 amide bonds. The van der Waals surface area contributed by atoms with Gasteiger partial charge in [-0.15, -0.1) is 0 Å². The molecule has 2 aromatic carbocycles. The second kappa shape index (κ2) is 7.97. The number of hydrogen-bond donors (Lipinski definition) is 2. The van der Waals surface area contributed by atoms with Crippen molar-refractivity contribution in [2.45, 2.75) is 38.5 Å². The molecule has 1 aliphatic rings. The fraction of sp³-hybridized carbons (Fsp3) is 0.350. The van der Waals surface area contributed by atoms with Gasteiger partial charge in [0.15, 0.2) is 0 Å². The molecule has 0 saturated heterocycles. The van der Waals surface area contributed by atoms with Crippen molar-refractivity contribution in [3.05, 3.63) is 65.7 Å². The van der Waals surface area contributed by atoms with E-state index in [0.29, 0.717) is 13.2 Å². The number of carboxylic acid groups (broad SMARTS) is 1. The lowest BCUT2D eigenvalue weighted by Gasteiger charge is -2.18. The fourth-order valence-electron chi connectivity index (χ4n) is 3.24. The third-order valence-corrected chi connectivity index (χ3v) is 4.55. The molecular formula is C20H23NO3. The van der Waals surface area contributed by atoms with Crippen LogP contribution in [0.4, 0.5) is 0 Å². The largest absolute Gasteiger partial charge is 0.489 e. The summed E-state index contributed by atoms with van der Waals surface area (Å²) in [6.45, 7) is 1.21. The summed E-state index contributed by atoms with van der Waals surface area (Å²) in [7, 11) is 0. The van der Waals surface area contributed by atoms with Gasteiger partial charge in [-0.3, -0.25) is 4.79 Å². The Balaban J connectivity index is 1.54. The fourth-order valence-corrected chi connectivity index (χ4v) is 3.24. The van der Waals surface area contributed by atoms with Gasteiger partial charge in [-0.25, -0.2) is 0 Å². The van der Waals surface area contributed by atoms with Crippen LogP contribution in [-0.2, 0) is 17.9 Å². The number of carbonyl (C=O) groups is 1. The van der Waals surface area contributed by atoms with Gasteiger partial charge in [-0.1, -0.05) is 48.9 Å². The second-order valence-corrected chi connectivity index (χ2v) is 6.28. The van der Waals surface area contributed by atoms with Gasteiger partial charge in [-0.2, -0.15) is 0 Å². The van der Waals surface area contributed by atoms with Crippen molar-refractivity contribution in [1.82, 2.24) is 5.32 Å². The first-order valence-corrected chi connectivity index (χ1v) is 8.44. The topological polar surface area (TPSA) is 58.6 Å². The average Bonchev–Trinajstić information content (AvgIpc) is 3.08. The Labute approximate surface area is 142 Å². The van der Waals surface area contributed by atoms with E-state index in [0.717, 1.165) is 36.1 Å². The molecule has 24 heavy (non-hydrogen) atoms. The minimum Gasteiger partial charge on any atom is -0.489 e. The number of rotatable bonds is 7. The molecule has 0 radical (unpaired) electrons. The Kier molecular flexibility index (Phi) is 5.49. The number of nitrogens with one attached hydrogen (secondary N) is 1. The molecule has 0 spiro atoms. The Morgan fingerprint density at radius 2 is 1.88 bits per heavy atom. The monoisotopic (exact) mass is 325 g/mol. The third kappa shape index (κ3) is 4.36. The highest BCUT2D eigenvalue weighted by atomic mass is 16.5. The zero-order valence-electron chi connectivity index (χ0n) is 13.7. The highest BCUT2D eigenvalue weighted by Gasteiger charge is 2.32. The summed E-state index contributed by atoms with van der Waals surface area (Å²) in [5.74, 6) is -0.119. The molecule has 4 nitrogen and oxygen atoms in total. The lowest BCUT2D eigenvalue weighted by molar-refractivity contribution is -0.142. The maximum Gasteiger partial charge on any atom is 0.308 e. The molecule has 4 heteroatoms. The maximum absolute atomic E-state index is 11.2. The molecule has 1 fully saturated rings. The molecule has 2 atom stereocenters. The van der Waals surface area contributed by atoms with E-state index in [1.807, 2.05) is 54.6 Å². The lowest BCUT2D eigenvalue weighted by Crippen LogP contribution is -2.35. The molecule has 2 N–H and O–H groups in total. The van der Waals surface area contributed by atoms with Crippen molar-refractivity contribution in [2.24, 2.45) is 5.92 Å². The van der Waals surface area contributed by atoms with E-state index in [9.17, 15) is 9.90 Å². The van der Waals surface area contributed by atoms with E-state index in [4.69, 9.17) is 4.74 Å². The summed E-state index contributed by atoms with van der Waals surface area (Å²) in [4.78, 5) is 11.2. The van der Waals surface area contributed by atoms with Crippen LogP contribution < -0.4 is 10.1 Å². The highest BCUT2D eigenvalue weighted by Crippen LogP contribution is 2.26. The first-order chi connectivity index (χ1) is 11.7. The Morgan fingerprint density at radius 3 is 2.67 bits per heavy atom. The van der Waals surface area contributed by atoms with Crippen LogP contribution in [0.3, 0.4) is 0 Å². The maximum atomic E-state index is 11.2. The molecule has 126 valence electrons. The van der Waals surface area contributed by atoms with Gasteiger partial charge in [-0.05, 0) is 36.1 Å². The minimum absolute atomic E-state index is 0.0661. The zero-order chi connectivity index (χ0) is 16.8. The van der Waals surface area contributed by atoms with Crippen LogP contribution in [-0.4, -0.2) is 17.1 Å². The molecular weight excluding hydrogens is 302 g/mol. The minimum atomic E-state index is -0.690. The van der Waals surface area contributed by atoms with E-state index in [1.54, 1.807) is 0 Å². The summed E-state index contributed by atoms with van der Waals surface area (Å²) in [5.41, 5.74) is 2.24. The van der Waals surface area contributed by atoms with Crippen molar-refractivity contribution >= 4 is 5.97 Å². The van der Waals surface area contributed by atoms with Crippen LogP contribution in [0.25, 0.3) is 0 Å². The van der Waals surface area contributed by atoms with Crippen LogP contribution >= 0.6 is 0 Å². The first-order valence-electron chi connectivity index (χ1n) is 8.44. The van der Waals surface area contributed by atoms with E-state index in [2.05, 4.69) is 5.32 Å². The van der Waals surface area contributed by atoms with Gasteiger partial charge in [0.25, 0.3) is 0 Å². The summed E-state index contributed by atoms with van der Waals surface area (Å²) < 4.78 is 5.84. The first kappa shape index (κ1) is 16.5. The molecule has 2 aromatic rings. The van der Waals surface area contributed by atoms with E-state index in [1.165, 1.54) is 0 Å². The van der Waals surface area contributed by atoms with Crippen LogP contribution in [0, 0.1) is 5.92 Å². The summed E-state index contributed by atoms with van der Waals surface area (Å²) in [5, 5.41) is 12.6. The van der Waals surface area contributed by atoms with Crippen LogP contribution in [0.1, 0.15) is 30.4 Å². The molecule has 3 rings (SSSR count). The number of carboxylic acids is 1. The predicted molar refractivity (Wildman–Crippen MR) is 92.8 cm³/mol. The Morgan fingerprint density at radius 1 is 1.08 bits per heavy atom. The Hall–Kier alpha value is -2.33. The van der Waals surface area contributed by atoms with Gasteiger partial charge >= 0.3 is 5.97 Å². The standard InChI is InChI=1S/C20H23NO3/c22-20(23)18-10-5-11-19(18)21-13-16-8-4-9-17(12-16)24-14-15-6-2-1-3-7-15/h1-4,6-9,12,18-19,21H,5,10-11,13-14H2,(H,22,23). The highest BCUT2D eigenvalue weighted by molar-refractivity contribution is 5.71. The average molecular weight is 325 g/mol. The van der Waals surface area contributed by atoms with Crippen molar-refractivity contribution < 1.29 is 14.6 Å². The van der Waals surface area contributed by atoms with E-state index < -0.39 is 5.97 Å². The second-order valence-electron chi connectivity index (χ2n) is 6.28. The third-order valence-electron chi connectivity index (χ3n) is 4.55. The molecule has 0 heterocycles. The lowest BCUT2D eigenvalue weighted by atomic mass is 10.0. The van der Waals surface area contributed by atoms with Crippen LogP contribution in [0.5, 0.6) is 5.75 Å². The summed E-state index contributed by atoms with van der Waals surface area (Å²) in [6, 6.07) is 18.1. The zero-order valence-corrected chi connectivity index (χ0v) is 13.7. The number of ether oxygens (including phenoxy) is 1. The van der Waals surface area contributed by atoms with Crippen molar-refractivity contribution in [1.29, 1.82) is 0 Å². The molecule has 0 bridgehead atoms.